The molecule has 1 aromatic heterocycles. The van der Waals surface area contributed by atoms with E-state index in [9.17, 15) is 0 Å². The first-order chi connectivity index (χ1) is 10.7. The largest absolute Gasteiger partial charge is 0.416 e. The van der Waals surface area contributed by atoms with Crippen molar-refractivity contribution in [3.63, 3.8) is 0 Å². The van der Waals surface area contributed by atoms with Crippen molar-refractivity contribution in [3.05, 3.63) is 59.1 Å². The first-order valence-electron chi connectivity index (χ1n) is 6.32. The smallest absolute Gasteiger partial charge is 0.248 e. The summed E-state index contributed by atoms with van der Waals surface area (Å²) in [7, 11) is 0. The summed E-state index contributed by atoms with van der Waals surface area (Å²) in [6.07, 6.45) is 0. The van der Waals surface area contributed by atoms with E-state index in [-0.39, 0.29) is 5.84 Å². The Kier molecular flexibility index (Phi) is 4.09. The molecule has 2 aromatic carbocycles. The number of nitrogens with zero attached hydrogens (tertiary/aromatic N) is 3. The van der Waals surface area contributed by atoms with Gasteiger partial charge < -0.3 is 10.2 Å². The first kappa shape index (κ1) is 14.6. The third-order valence-electron chi connectivity index (χ3n) is 3.03. The van der Waals surface area contributed by atoms with E-state index in [1.807, 2.05) is 24.3 Å². The second kappa shape index (κ2) is 6.17. The first-order valence-corrected chi connectivity index (χ1v) is 7.03. The third-order valence-corrected chi connectivity index (χ3v) is 3.47. The van der Waals surface area contributed by atoms with Gasteiger partial charge in [-0.05, 0) is 36.4 Å². The second-order valence-electron chi connectivity index (χ2n) is 4.47. The molecule has 5 nitrogen and oxygen atoms in total. The number of aromatic nitrogens is 2. The van der Waals surface area contributed by atoms with Crippen LogP contribution in [0.15, 0.2) is 57.5 Å². The number of amidine groups is 1. The van der Waals surface area contributed by atoms with Crippen molar-refractivity contribution in [1.82, 2.24) is 10.2 Å². The minimum Gasteiger partial charge on any atom is -0.416 e. The van der Waals surface area contributed by atoms with Gasteiger partial charge in [-0.2, -0.15) is 4.51 Å². The Bertz CT molecular complexity index is 810. The molecule has 0 spiro atoms. The number of hydrogen-bond acceptors (Lipinski definition) is 4. The summed E-state index contributed by atoms with van der Waals surface area (Å²) >= 11 is 11.2. The van der Waals surface area contributed by atoms with Crippen LogP contribution in [0.25, 0.3) is 22.9 Å². The predicted octanol–water partition coefficient (Wildman–Crippen LogP) is 3.92. The Labute approximate surface area is 136 Å². The molecule has 3 aromatic rings. The molecule has 1 heterocycles. The van der Waals surface area contributed by atoms with Crippen molar-refractivity contribution >= 4 is 29.2 Å². The fourth-order valence-corrected chi connectivity index (χ4v) is 2.10. The maximum Gasteiger partial charge on any atom is 0.248 e. The lowest BCUT2D eigenvalue weighted by atomic mass is 10.1. The highest BCUT2D eigenvalue weighted by Gasteiger charge is 2.10. The highest BCUT2D eigenvalue weighted by Crippen LogP contribution is 2.25. The summed E-state index contributed by atoms with van der Waals surface area (Å²) in [5, 5.41) is 8.73. The average Bonchev–Trinajstić information content (AvgIpc) is 3.05. The zero-order valence-electron chi connectivity index (χ0n) is 11.2. The van der Waals surface area contributed by atoms with Gasteiger partial charge in [-0.3, -0.25) is 0 Å². The molecule has 0 atom stereocenters. The van der Waals surface area contributed by atoms with E-state index >= 15 is 0 Å². The number of halogens is 2. The van der Waals surface area contributed by atoms with Crippen LogP contribution in [0, 0.1) is 0 Å². The highest BCUT2D eigenvalue weighted by molar-refractivity contribution is 6.30. The number of rotatable bonds is 3. The minimum absolute atomic E-state index is 0.251. The molecule has 0 fully saturated rings. The summed E-state index contributed by atoms with van der Waals surface area (Å²) in [6, 6.07) is 14.4. The van der Waals surface area contributed by atoms with Gasteiger partial charge >= 0.3 is 0 Å². The van der Waals surface area contributed by atoms with E-state index < -0.39 is 0 Å². The maximum atomic E-state index is 5.86. The maximum absolute atomic E-state index is 5.86. The molecule has 110 valence electrons. The topological polar surface area (TPSA) is 77.3 Å². The summed E-state index contributed by atoms with van der Waals surface area (Å²) in [5.41, 5.74) is 7.93. The van der Waals surface area contributed by atoms with E-state index in [4.69, 9.17) is 33.5 Å². The molecule has 2 N–H and O–H groups in total. The van der Waals surface area contributed by atoms with E-state index in [1.54, 1.807) is 24.3 Å². The van der Waals surface area contributed by atoms with Crippen molar-refractivity contribution < 1.29 is 4.42 Å². The molecule has 0 aliphatic carbocycles. The Morgan fingerprint density at radius 3 is 1.91 bits per heavy atom. The second-order valence-corrected chi connectivity index (χ2v) is 5.07. The molecule has 0 aliphatic heterocycles. The summed E-state index contributed by atoms with van der Waals surface area (Å²) < 4.78 is 9.09. The van der Waals surface area contributed by atoms with Crippen LogP contribution in [0.5, 0.6) is 0 Å². The van der Waals surface area contributed by atoms with Gasteiger partial charge in [0.25, 0.3) is 0 Å². The SMILES string of the molecule is NC(=NCl)c1ccc(-c2nnc(-c3ccc(Cl)cc3)o2)cc1. The lowest BCUT2D eigenvalue weighted by Gasteiger charge is -1.99. The summed E-state index contributed by atoms with van der Waals surface area (Å²) in [4.78, 5) is 0. The van der Waals surface area contributed by atoms with Crippen molar-refractivity contribution in [2.75, 3.05) is 0 Å². The van der Waals surface area contributed by atoms with Crippen molar-refractivity contribution in [3.8, 4) is 22.9 Å². The number of benzene rings is 2. The summed E-state index contributed by atoms with van der Waals surface area (Å²) in [5.74, 6) is 1.09. The molecule has 0 unspecified atom stereocenters. The van der Waals surface area contributed by atoms with Gasteiger partial charge in [0.2, 0.25) is 11.8 Å². The van der Waals surface area contributed by atoms with Gasteiger partial charge in [0, 0.05) is 33.5 Å². The van der Waals surface area contributed by atoms with Crippen LogP contribution in [0.1, 0.15) is 5.56 Å². The van der Waals surface area contributed by atoms with Gasteiger partial charge in [0.1, 0.15) is 5.84 Å². The third kappa shape index (κ3) is 2.95. The summed E-state index contributed by atoms with van der Waals surface area (Å²) in [6.45, 7) is 0. The highest BCUT2D eigenvalue weighted by atomic mass is 35.5. The molecule has 7 heteroatoms. The van der Waals surface area contributed by atoms with Crippen molar-refractivity contribution in [1.29, 1.82) is 0 Å². The van der Waals surface area contributed by atoms with Crippen LogP contribution in [-0.2, 0) is 0 Å². The standard InChI is InChI=1S/C15H10Cl2N4O/c16-12-7-5-11(6-8-12)15-21-20-14(22-15)10-3-1-9(2-4-10)13(18)19-17/h1-8H,(H2,18,19). The molecular weight excluding hydrogens is 323 g/mol. The van der Waals surface area contributed by atoms with Crippen LogP contribution in [0.2, 0.25) is 5.02 Å². The molecule has 0 radical (unpaired) electrons. The molecular formula is C15H10Cl2N4O. The van der Waals surface area contributed by atoms with Crippen LogP contribution in [0.4, 0.5) is 0 Å². The van der Waals surface area contributed by atoms with Crippen molar-refractivity contribution in [2.24, 2.45) is 10.2 Å². The van der Waals surface area contributed by atoms with Gasteiger partial charge in [-0.25, -0.2) is 0 Å². The predicted molar refractivity (Wildman–Crippen MR) is 86.8 cm³/mol. The fourth-order valence-electron chi connectivity index (χ4n) is 1.88. The Morgan fingerprint density at radius 1 is 0.909 bits per heavy atom. The average molecular weight is 333 g/mol. The zero-order chi connectivity index (χ0) is 15.5. The molecule has 22 heavy (non-hydrogen) atoms. The Hall–Kier alpha value is -2.37. The normalized spacial score (nSPS) is 11.6. The minimum atomic E-state index is 0.251. The van der Waals surface area contributed by atoms with Crippen LogP contribution >= 0.6 is 23.4 Å². The van der Waals surface area contributed by atoms with E-state index in [0.717, 1.165) is 16.7 Å². The lowest BCUT2D eigenvalue weighted by Crippen LogP contribution is -2.11. The Balaban J connectivity index is 1.89. The lowest BCUT2D eigenvalue weighted by molar-refractivity contribution is 0.584. The monoisotopic (exact) mass is 332 g/mol. The molecule has 0 bridgehead atoms. The van der Waals surface area contributed by atoms with Gasteiger partial charge in [-0.1, -0.05) is 23.7 Å². The zero-order valence-corrected chi connectivity index (χ0v) is 12.7. The molecule has 0 saturated heterocycles. The van der Waals surface area contributed by atoms with Crippen molar-refractivity contribution in [2.45, 2.75) is 0 Å². The van der Waals surface area contributed by atoms with Crippen LogP contribution in [-0.4, -0.2) is 16.0 Å². The van der Waals surface area contributed by atoms with E-state index in [2.05, 4.69) is 14.7 Å². The van der Waals surface area contributed by atoms with Gasteiger partial charge in [-0.15, -0.1) is 10.2 Å². The molecule has 0 aliphatic rings. The quantitative estimate of drug-likeness (QED) is 0.582. The number of hydrogen-bond donors (Lipinski definition) is 1. The fraction of sp³-hybridized carbons (Fsp3) is 0. The molecule has 3 rings (SSSR count). The number of nitrogens with two attached hydrogens (primary N) is 1. The van der Waals surface area contributed by atoms with E-state index in [1.165, 1.54) is 0 Å². The van der Waals surface area contributed by atoms with Gasteiger partial charge in [0.05, 0.1) is 0 Å². The van der Waals surface area contributed by atoms with Crippen LogP contribution < -0.4 is 5.73 Å². The van der Waals surface area contributed by atoms with Crippen LogP contribution in [0.3, 0.4) is 0 Å². The molecule has 0 amide bonds. The molecule has 0 saturated carbocycles. The Morgan fingerprint density at radius 2 is 1.41 bits per heavy atom. The van der Waals surface area contributed by atoms with E-state index in [0.29, 0.717) is 16.8 Å². The van der Waals surface area contributed by atoms with Gasteiger partial charge in [0.15, 0.2) is 0 Å².